The number of anilines is 1. The number of ether oxygens (including phenoxy) is 2. The maximum atomic E-state index is 13.7. The van der Waals surface area contributed by atoms with E-state index >= 15 is 0 Å². The van der Waals surface area contributed by atoms with Gasteiger partial charge in [0.1, 0.15) is 12.4 Å². The molecule has 3 aromatic rings. The number of carbonyl (C=O) groups is 2. The molecule has 0 bridgehead atoms. The smallest absolute Gasteiger partial charge is 0.255 e. The number of hydrogen-bond acceptors (Lipinski definition) is 6. The van der Waals surface area contributed by atoms with E-state index in [0.29, 0.717) is 41.5 Å². The Balaban J connectivity index is 1.51. The van der Waals surface area contributed by atoms with Crippen molar-refractivity contribution in [2.75, 3.05) is 12.4 Å². The molecule has 5 rings (SSSR count). The molecular formula is C31H31N3O4. The van der Waals surface area contributed by atoms with Crippen molar-refractivity contribution in [2.45, 2.75) is 45.6 Å². The van der Waals surface area contributed by atoms with Gasteiger partial charge in [-0.05, 0) is 61.6 Å². The zero-order valence-corrected chi connectivity index (χ0v) is 21.8. The van der Waals surface area contributed by atoms with E-state index in [4.69, 9.17) is 9.47 Å². The Hall–Kier alpha value is -4.39. The Bertz CT molecular complexity index is 1430. The largest absolute Gasteiger partial charge is 0.493 e. The first-order valence-electron chi connectivity index (χ1n) is 12.8. The minimum atomic E-state index is -0.540. The molecule has 2 aliphatic rings. The minimum absolute atomic E-state index is 0.0541. The standard InChI is InChI=1S/C31H31N3O4/c1-19-12-15-27(32-17-19)34-31(36)28-20(2)33-23-10-7-11-24(35)30(23)29(28)22-13-14-25(26(16-22)37-3)38-18-21-8-5-4-6-9-21/h4-6,8-9,12-17,29,33H,7,10-11,18H2,1-3H3,(H,32,34,36)/t29-/m0/s1. The second-order valence-electron chi connectivity index (χ2n) is 9.63. The predicted octanol–water partition coefficient (Wildman–Crippen LogP) is 5.58. The van der Waals surface area contributed by atoms with Crippen molar-refractivity contribution < 1.29 is 19.1 Å². The van der Waals surface area contributed by atoms with Crippen molar-refractivity contribution in [1.82, 2.24) is 10.3 Å². The summed E-state index contributed by atoms with van der Waals surface area (Å²) in [6, 6.07) is 19.2. The molecule has 2 N–H and O–H groups in total. The van der Waals surface area contributed by atoms with E-state index < -0.39 is 5.92 Å². The van der Waals surface area contributed by atoms with Crippen LogP contribution in [-0.2, 0) is 16.2 Å². The van der Waals surface area contributed by atoms with Gasteiger partial charge in [0.25, 0.3) is 5.91 Å². The normalized spacial score (nSPS) is 17.0. The van der Waals surface area contributed by atoms with Gasteiger partial charge in [0, 0.05) is 41.1 Å². The van der Waals surface area contributed by atoms with E-state index in [-0.39, 0.29) is 11.7 Å². The van der Waals surface area contributed by atoms with Gasteiger partial charge < -0.3 is 20.1 Å². The molecule has 1 atom stereocenters. The second kappa shape index (κ2) is 10.9. The number of allylic oxidation sites excluding steroid dienone is 3. The Morgan fingerprint density at radius 2 is 1.87 bits per heavy atom. The molecule has 2 aromatic carbocycles. The number of nitrogens with zero attached hydrogens (tertiary/aromatic N) is 1. The Labute approximate surface area is 222 Å². The zero-order chi connectivity index (χ0) is 26.6. The van der Waals surface area contributed by atoms with Gasteiger partial charge in [-0.25, -0.2) is 4.98 Å². The van der Waals surface area contributed by atoms with Crippen LogP contribution in [0.2, 0.25) is 0 Å². The highest BCUT2D eigenvalue weighted by atomic mass is 16.5. The maximum absolute atomic E-state index is 13.7. The van der Waals surface area contributed by atoms with Crippen molar-refractivity contribution in [2.24, 2.45) is 0 Å². The summed E-state index contributed by atoms with van der Waals surface area (Å²) in [5.74, 6) is 0.801. The van der Waals surface area contributed by atoms with Crippen LogP contribution in [-0.4, -0.2) is 23.8 Å². The third-order valence-corrected chi connectivity index (χ3v) is 6.93. The first-order valence-corrected chi connectivity index (χ1v) is 12.8. The van der Waals surface area contributed by atoms with E-state index in [1.165, 1.54) is 0 Å². The third kappa shape index (κ3) is 5.18. The van der Waals surface area contributed by atoms with Crippen LogP contribution >= 0.6 is 0 Å². The van der Waals surface area contributed by atoms with E-state index in [1.807, 2.05) is 68.4 Å². The number of ketones is 1. The third-order valence-electron chi connectivity index (χ3n) is 6.93. The summed E-state index contributed by atoms with van der Waals surface area (Å²) in [4.78, 5) is 31.2. The number of rotatable bonds is 7. The van der Waals surface area contributed by atoms with Crippen LogP contribution in [0.15, 0.2) is 89.4 Å². The zero-order valence-electron chi connectivity index (χ0n) is 21.8. The number of aromatic nitrogens is 1. The Morgan fingerprint density at radius 3 is 2.61 bits per heavy atom. The average Bonchev–Trinajstić information content (AvgIpc) is 2.93. The number of pyridine rings is 1. The number of benzene rings is 2. The molecule has 0 saturated heterocycles. The van der Waals surface area contributed by atoms with Crippen molar-refractivity contribution in [3.8, 4) is 11.5 Å². The average molecular weight is 510 g/mol. The molecule has 7 nitrogen and oxygen atoms in total. The maximum Gasteiger partial charge on any atom is 0.255 e. The number of carbonyl (C=O) groups excluding carboxylic acids is 2. The van der Waals surface area contributed by atoms with Crippen molar-refractivity contribution >= 4 is 17.5 Å². The number of Topliss-reactive ketones (excluding diaryl/α,β-unsaturated/α-hetero) is 1. The minimum Gasteiger partial charge on any atom is -0.493 e. The second-order valence-corrected chi connectivity index (χ2v) is 9.63. The van der Waals surface area contributed by atoms with Crippen LogP contribution in [0, 0.1) is 6.92 Å². The topological polar surface area (TPSA) is 89.5 Å². The van der Waals surface area contributed by atoms with Crippen LogP contribution in [0.1, 0.15) is 48.8 Å². The summed E-state index contributed by atoms with van der Waals surface area (Å²) in [5, 5.41) is 6.27. The van der Waals surface area contributed by atoms with Gasteiger partial charge in [-0.2, -0.15) is 0 Å². The summed E-state index contributed by atoms with van der Waals surface area (Å²) in [6.45, 7) is 4.21. The van der Waals surface area contributed by atoms with E-state index in [2.05, 4.69) is 15.6 Å². The highest BCUT2D eigenvalue weighted by molar-refractivity contribution is 6.09. The molecule has 2 heterocycles. The van der Waals surface area contributed by atoms with Crippen LogP contribution in [0.3, 0.4) is 0 Å². The monoisotopic (exact) mass is 509 g/mol. The molecule has 38 heavy (non-hydrogen) atoms. The summed E-state index contributed by atoms with van der Waals surface area (Å²) >= 11 is 0. The molecule has 0 saturated carbocycles. The van der Waals surface area contributed by atoms with Crippen LogP contribution < -0.4 is 20.1 Å². The van der Waals surface area contributed by atoms with Gasteiger partial charge in [-0.1, -0.05) is 42.5 Å². The summed E-state index contributed by atoms with van der Waals surface area (Å²) in [7, 11) is 1.59. The lowest BCUT2D eigenvalue weighted by Crippen LogP contribution is -2.35. The van der Waals surface area contributed by atoms with Gasteiger partial charge >= 0.3 is 0 Å². The number of amides is 1. The molecule has 1 aromatic heterocycles. The summed E-state index contributed by atoms with van der Waals surface area (Å²) < 4.78 is 11.7. The SMILES string of the molecule is COc1cc([C@H]2C(C(=O)Nc3ccc(C)cn3)=C(C)NC3=C2C(=O)CCC3)ccc1OCc1ccccc1. The molecule has 1 amide bonds. The molecule has 0 fully saturated rings. The molecule has 0 unspecified atom stereocenters. The van der Waals surface area contributed by atoms with E-state index in [1.54, 1.807) is 19.4 Å². The number of methoxy groups -OCH3 is 1. The van der Waals surface area contributed by atoms with Gasteiger partial charge in [-0.15, -0.1) is 0 Å². The molecule has 0 spiro atoms. The van der Waals surface area contributed by atoms with Crippen LogP contribution in [0.4, 0.5) is 5.82 Å². The number of nitrogens with one attached hydrogen (secondary N) is 2. The fourth-order valence-electron chi connectivity index (χ4n) is 5.06. The number of dihydropyridines is 1. The summed E-state index contributed by atoms with van der Waals surface area (Å²) in [5.41, 5.74) is 5.57. The van der Waals surface area contributed by atoms with Crippen molar-refractivity contribution in [3.05, 3.63) is 106 Å². The van der Waals surface area contributed by atoms with Crippen LogP contribution in [0.25, 0.3) is 0 Å². The first kappa shape index (κ1) is 25.3. The molecular weight excluding hydrogens is 478 g/mol. The van der Waals surface area contributed by atoms with Gasteiger partial charge in [0.05, 0.1) is 7.11 Å². The molecule has 1 aliphatic carbocycles. The molecule has 194 valence electrons. The highest BCUT2D eigenvalue weighted by Crippen LogP contribution is 2.44. The van der Waals surface area contributed by atoms with E-state index in [0.717, 1.165) is 40.9 Å². The lowest BCUT2D eigenvalue weighted by Gasteiger charge is -2.34. The highest BCUT2D eigenvalue weighted by Gasteiger charge is 2.38. The van der Waals surface area contributed by atoms with Gasteiger partial charge in [-0.3, -0.25) is 9.59 Å². The Kier molecular flexibility index (Phi) is 7.26. The summed E-state index contributed by atoms with van der Waals surface area (Å²) in [6.07, 6.45) is 3.71. The fourth-order valence-corrected chi connectivity index (χ4v) is 5.06. The molecule has 0 radical (unpaired) electrons. The quantitative estimate of drug-likeness (QED) is 0.432. The Morgan fingerprint density at radius 1 is 1.05 bits per heavy atom. The van der Waals surface area contributed by atoms with Gasteiger partial charge in [0.15, 0.2) is 17.3 Å². The first-order chi connectivity index (χ1) is 18.4. The number of aryl methyl sites for hydroxylation is 1. The van der Waals surface area contributed by atoms with Crippen LogP contribution in [0.5, 0.6) is 11.5 Å². The lowest BCUT2D eigenvalue weighted by molar-refractivity contribution is -0.116. The van der Waals surface area contributed by atoms with Crippen molar-refractivity contribution in [1.29, 1.82) is 0 Å². The fraction of sp³-hybridized carbons (Fsp3) is 0.258. The predicted molar refractivity (Wildman–Crippen MR) is 146 cm³/mol. The molecule has 1 aliphatic heterocycles. The molecule has 7 heteroatoms. The van der Waals surface area contributed by atoms with Crippen molar-refractivity contribution in [3.63, 3.8) is 0 Å². The van der Waals surface area contributed by atoms with E-state index in [9.17, 15) is 9.59 Å². The number of hydrogen-bond donors (Lipinski definition) is 2. The van der Waals surface area contributed by atoms with Gasteiger partial charge in [0.2, 0.25) is 0 Å². The lowest BCUT2D eigenvalue weighted by atomic mass is 9.75.